The number of hydrogen-bond acceptors (Lipinski definition) is 2. The van der Waals surface area contributed by atoms with E-state index >= 15 is 0 Å². The standard InChI is InChI=1S/C10H18N2/c1-3-9(7-11)12-8-10(4-2)5-6-10/h9,12H,3-6,8H2,1-2H3. The van der Waals surface area contributed by atoms with Crippen LogP contribution >= 0.6 is 0 Å². The van der Waals surface area contributed by atoms with E-state index in [0.717, 1.165) is 13.0 Å². The average Bonchev–Trinajstić information content (AvgIpc) is 2.87. The maximum atomic E-state index is 8.70. The SMILES string of the molecule is CCC(C#N)NCC1(CC)CC1. The minimum absolute atomic E-state index is 0.0639. The van der Waals surface area contributed by atoms with Gasteiger partial charge in [-0.05, 0) is 31.1 Å². The third-order valence-electron chi connectivity index (χ3n) is 2.99. The molecule has 0 aromatic heterocycles. The van der Waals surface area contributed by atoms with E-state index in [9.17, 15) is 0 Å². The van der Waals surface area contributed by atoms with Gasteiger partial charge < -0.3 is 5.32 Å². The van der Waals surface area contributed by atoms with Gasteiger partial charge >= 0.3 is 0 Å². The quantitative estimate of drug-likeness (QED) is 0.678. The van der Waals surface area contributed by atoms with E-state index in [2.05, 4.69) is 18.3 Å². The van der Waals surface area contributed by atoms with E-state index in [1.807, 2.05) is 6.92 Å². The van der Waals surface area contributed by atoms with Crippen LogP contribution in [0.2, 0.25) is 0 Å². The highest BCUT2D eigenvalue weighted by Gasteiger charge is 2.40. The van der Waals surface area contributed by atoms with E-state index in [1.165, 1.54) is 19.3 Å². The first-order valence-corrected chi connectivity index (χ1v) is 4.89. The highest BCUT2D eigenvalue weighted by atomic mass is 14.9. The molecule has 1 atom stereocenters. The summed E-state index contributed by atoms with van der Waals surface area (Å²) in [6, 6.07) is 2.33. The third-order valence-corrected chi connectivity index (χ3v) is 2.99. The van der Waals surface area contributed by atoms with Crippen LogP contribution in [0.4, 0.5) is 0 Å². The molecule has 0 aromatic rings. The Balaban J connectivity index is 2.21. The predicted molar refractivity (Wildman–Crippen MR) is 49.7 cm³/mol. The second kappa shape index (κ2) is 3.91. The van der Waals surface area contributed by atoms with Crippen LogP contribution in [0.5, 0.6) is 0 Å². The first kappa shape index (κ1) is 9.54. The molecule has 0 heterocycles. The lowest BCUT2D eigenvalue weighted by Crippen LogP contribution is -2.32. The molecule has 0 amide bonds. The van der Waals surface area contributed by atoms with Gasteiger partial charge in [-0.2, -0.15) is 5.26 Å². The van der Waals surface area contributed by atoms with Crippen molar-refractivity contribution >= 4 is 0 Å². The van der Waals surface area contributed by atoms with Crippen molar-refractivity contribution in [3.05, 3.63) is 0 Å². The van der Waals surface area contributed by atoms with Gasteiger partial charge in [-0.15, -0.1) is 0 Å². The van der Waals surface area contributed by atoms with E-state index in [4.69, 9.17) is 5.26 Å². The van der Waals surface area contributed by atoms with Crippen LogP contribution in [0, 0.1) is 16.7 Å². The molecule has 12 heavy (non-hydrogen) atoms. The van der Waals surface area contributed by atoms with E-state index in [0.29, 0.717) is 5.41 Å². The molecule has 2 nitrogen and oxygen atoms in total. The molecule has 1 unspecified atom stereocenters. The number of hydrogen-bond donors (Lipinski definition) is 1. The molecule has 2 heteroatoms. The summed E-state index contributed by atoms with van der Waals surface area (Å²) in [6.07, 6.45) is 4.86. The second-order valence-corrected chi connectivity index (χ2v) is 3.82. The predicted octanol–water partition coefficient (Wildman–Crippen LogP) is 2.07. The van der Waals surface area contributed by atoms with Crippen LogP contribution < -0.4 is 5.32 Å². The van der Waals surface area contributed by atoms with Gasteiger partial charge in [0.2, 0.25) is 0 Å². The Morgan fingerprint density at radius 1 is 1.50 bits per heavy atom. The Bertz CT molecular complexity index is 177. The Labute approximate surface area is 75.0 Å². The Hall–Kier alpha value is -0.550. The van der Waals surface area contributed by atoms with Crippen molar-refractivity contribution in [3.63, 3.8) is 0 Å². The molecular weight excluding hydrogens is 148 g/mol. The molecule has 1 rings (SSSR count). The van der Waals surface area contributed by atoms with E-state index < -0.39 is 0 Å². The summed E-state index contributed by atoms with van der Waals surface area (Å²) in [5, 5.41) is 12.0. The molecule has 0 aromatic carbocycles. The summed E-state index contributed by atoms with van der Waals surface area (Å²) in [5.41, 5.74) is 0.560. The van der Waals surface area contributed by atoms with Crippen molar-refractivity contribution in [2.24, 2.45) is 5.41 Å². The summed E-state index contributed by atoms with van der Waals surface area (Å²) in [7, 11) is 0. The molecular formula is C10H18N2. The van der Waals surface area contributed by atoms with Crippen LogP contribution in [0.25, 0.3) is 0 Å². The normalized spacial score (nSPS) is 21.4. The van der Waals surface area contributed by atoms with Gasteiger partial charge in [0.25, 0.3) is 0 Å². The molecule has 0 aliphatic heterocycles. The number of nitriles is 1. The van der Waals surface area contributed by atoms with Crippen LogP contribution in [0.15, 0.2) is 0 Å². The number of rotatable bonds is 5. The zero-order valence-electron chi connectivity index (χ0n) is 8.06. The summed E-state index contributed by atoms with van der Waals surface area (Å²) in [5.74, 6) is 0. The topological polar surface area (TPSA) is 35.8 Å². The summed E-state index contributed by atoms with van der Waals surface area (Å²) in [6.45, 7) is 5.32. The largest absolute Gasteiger partial charge is 0.301 e. The minimum Gasteiger partial charge on any atom is -0.301 e. The summed E-state index contributed by atoms with van der Waals surface area (Å²) in [4.78, 5) is 0. The first-order valence-electron chi connectivity index (χ1n) is 4.89. The van der Waals surface area contributed by atoms with Gasteiger partial charge in [-0.3, -0.25) is 0 Å². The zero-order chi connectivity index (χ0) is 9.03. The van der Waals surface area contributed by atoms with Crippen LogP contribution in [-0.4, -0.2) is 12.6 Å². The molecule has 1 N–H and O–H groups in total. The van der Waals surface area contributed by atoms with Gasteiger partial charge in [0.15, 0.2) is 0 Å². The van der Waals surface area contributed by atoms with Gasteiger partial charge in [0.05, 0.1) is 12.1 Å². The molecule has 1 aliphatic rings. The highest BCUT2D eigenvalue weighted by Crippen LogP contribution is 2.47. The molecule has 1 aliphatic carbocycles. The van der Waals surface area contributed by atoms with Crippen LogP contribution in [0.1, 0.15) is 39.5 Å². The number of nitrogens with one attached hydrogen (secondary N) is 1. The maximum absolute atomic E-state index is 8.70. The lowest BCUT2D eigenvalue weighted by Gasteiger charge is -2.15. The van der Waals surface area contributed by atoms with E-state index in [1.54, 1.807) is 0 Å². The average molecular weight is 166 g/mol. The third kappa shape index (κ3) is 2.22. The molecule has 68 valence electrons. The van der Waals surface area contributed by atoms with Gasteiger partial charge in [-0.1, -0.05) is 13.8 Å². The molecule has 1 fully saturated rings. The fourth-order valence-corrected chi connectivity index (χ4v) is 1.45. The van der Waals surface area contributed by atoms with Crippen molar-refractivity contribution < 1.29 is 0 Å². The van der Waals surface area contributed by atoms with E-state index in [-0.39, 0.29) is 6.04 Å². The number of nitrogens with zero attached hydrogens (tertiary/aromatic N) is 1. The fourth-order valence-electron chi connectivity index (χ4n) is 1.45. The Kier molecular flexibility index (Phi) is 3.11. The van der Waals surface area contributed by atoms with Crippen molar-refractivity contribution in [1.29, 1.82) is 5.26 Å². The molecule has 1 saturated carbocycles. The highest BCUT2D eigenvalue weighted by molar-refractivity contribution is 4.97. The molecule has 0 spiro atoms. The Morgan fingerprint density at radius 3 is 2.50 bits per heavy atom. The smallest absolute Gasteiger partial charge is 0.0950 e. The van der Waals surface area contributed by atoms with Crippen molar-refractivity contribution in [2.75, 3.05) is 6.54 Å². The molecule has 0 radical (unpaired) electrons. The van der Waals surface area contributed by atoms with Crippen molar-refractivity contribution in [2.45, 2.75) is 45.6 Å². The fraction of sp³-hybridized carbons (Fsp3) is 0.900. The maximum Gasteiger partial charge on any atom is 0.0950 e. The summed E-state index contributed by atoms with van der Waals surface area (Å²) >= 11 is 0. The van der Waals surface area contributed by atoms with Gasteiger partial charge in [0.1, 0.15) is 0 Å². The monoisotopic (exact) mass is 166 g/mol. The van der Waals surface area contributed by atoms with Crippen LogP contribution in [0.3, 0.4) is 0 Å². The second-order valence-electron chi connectivity index (χ2n) is 3.82. The van der Waals surface area contributed by atoms with Crippen molar-refractivity contribution in [3.8, 4) is 6.07 Å². The molecule has 0 saturated heterocycles. The molecule has 0 bridgehead atoms. The lowest BCUT2D eigenvalue weighted by atomic mass is 10.0. The van der Waals surface area contributed by atoms with Gasteiger partial charge in [-0.25, -0.2) is 0 Å². The Morgan fingerprint density at radius 2 is 2.17 bits per heavy atom. The lowest BCUT2D eigenvalue weighted by molar-refractivity contribution is 0.422. The minimum atomic E-state index is 0.0639. The summed E-state index contributed by atoms with van der Waals surface area (Å²) < 4.78 is 0. The zero-order valence-corrected chi connectivity index (χ0v) is 8.06. The van der Waals surface area contributed by atoms with Gasteiger partial charge in [0, 0.05) is 6.54 Å². The van der Waals surface area contributed by atoms with Crippen LogP contribution in [-0.2, 0) is 0 Å². The first-order chi connectivity index (χ1) is 5.76. The van der Waals surface area contributed by atoms with Crippen molar-refractivity contribution in [1.82, 2.24) is 5.32 Å².